The summed E-state index contributed by atoms with van der Waals surface area (Å²) in [6.45, 7) is 3.89. The Labute approximate surface area is 244 Å². The van der Waals surface area contributed by atoms with Crippen molar-refractivity contribution in [2.24, 2.45) is 0 Å². The van der Waals surface area contributed by atoms with Gasteiger partial charge in [-0.2, -0.15) is 0 Å². The Kier molecular flexibility index (Phi) is 13.0. The van der Waals surface area contributed by atoms with E-state index in [-0.39, 0.29) is 50.7 Å². The first-order valence-corrected chi connectivity index (χ1v) is 14.4. The van der Waals surface area contributed by atoms with Gasteiger partial charge in [-0.3, -0.25) is 9.59 Å². The topological polar surface area (TPSA) is 83.8 Å². The Balaban J connectivity index is 0.00000533. The number of rotatable bonds is 16. The smallest absolute Gasteiger partial charge is 0.201 e. The van der Waals surface area contributed by atoms with Crippen molar-refractivity contribution in [2.45, 2.75) is 90.5 Å². The predicted molar refractivity (Wildman–Crippen MR) is 151 cm³/mol. The lowest BCUT2D eigenvalue weighted by atomic mass is 9.82. The maximum absolute atomic E-state index is 13.3. The summed E-state index contributed by atoms with van der Waals surface area (Å²) < 4.78 is 5.89. The van der Waals surface area contributed by atoms with Gasteiger partial charge in [0.15, 0.2) is 5.78 Å². The molecule has 2 N–H and O–H groups in total. The molecule has 39 heavy (non-hydrogen) atoms. The quantitative estimate of drug-likeness (QED) is 0.190. The number of ketones is 2. The number of aromatic hydroxyl groups is 2. The lowest BCUT2D eigenvalue weighted by Gasteiger charge is -2.30. The van der Waals surface area contributed by atoms with E-state index in [1.807, 2.05) is 0 Å². The van der Waals surface area contributed by atoms with Crippen molar-refractivity contribution in [3.05, 3.63) is 52.1 Å². The van der Waals surface area contributed by atoms with Crippen LogP contribution in [0.4, 0.5) is 0 Å². The second kappa shape index (κ2) is 15.4. The highest BCUT2D eigenvalue weighted by atomic mass is 79.9. The maximum Gasteiger partial charge on any atom is 0.201 e. The van der Waals surface area contributed by atoms with Gasteiger partial charge < -0.3 is 36.4 Å². The molecule has 6 nitrogen and oxygen atoms in total. The number of hydrogen-bond donors (Lipinski definition) is 2. The number of nitrogens with zero attached hydrogens (tertiary/aromatic N) is 1. The normalized spacial score (nSPS) is 12.6. The number of methoxy groups -OCH3 is 1. The fraction of sp³-hybridized carbons (Fsp3) is 0.562. The van der Waals surface area contributed by atoms with Crippen molar-refractivity contribution >= 4 is 11.6 Å². The van der Waals surface area contributed by atoms with E-state index < -0.39 is 11.6 Å². The van der Waals surface area contributed by atoms with E-state index in [1.54, 1.807) is 12.1 Å². The molecule has 1 aliphatic rings. The molecule has 0 unspecified atom stereocenters. The summed E-state index contributed by atoms with van der Waals surface area (Å²) in [6, 6.07) is 6.07. The third-order valence-electron chi connectivity index (χ3n) is 7.68. The predicted octanol–water partition coefficient (Wildman–Crippen LogP) is 4.16. The summed E-state index contributed by atoms with van der Waals surface area (Å²) in [7, 11) is 5.74. The second-order valence-corrected chi connectivity index (χ2v) is 11.5. The number of phenolic OH excluding ortho intramolecular Hbond substituents is 2. The highest BCUT2D eigenvalue weighted by Crippen LogP contribution is 2.39. The van der Waals surface area contributed by atoms with Crippen LogP contribution < -0.4 is 21.7 Å². The first-order chi connectivity index (χ1) is 18.2. The number of carbonyl (C=O) groups is 2. The van der Waals surface area contributed by atoms with Crippen LogP contribution in [-0.2, 0) is 6.54 Å². The Morgan fingerprint density at radius 1 is 0.692 bits per heavy atom. The van der Waals surface area contributed by atoms with Crippen LogP contribution in [0.25, 0.3) is 0 Å². The number of phenols is 2. The highest BCUT2D eigenvalue weighted by Gasteiger charge is 2.35. The van der Waals surface area contributed by atoms with E-state index in [2.05, 4.69) is 21.0 Å². The van der Waals surface area contributed by atoms with Crippen LogP contribution in [-0.4, -0.2) is 54.0 Å². The SMILES string of the molecule is CCCCCCCCCCCCCC[N+](C)(C)Cc1cc(O)c2c(c1)C(=O)c1cc(OC)cc(O)c1C2=O.[Br-]. The van der Waals surface area contributed by atoms with Crippen LogP contribution >= 0.6 is 0 Å². The summed E-state index contributed by atoms with van der Waals surface area (Å²) >= 11 is 0. The summed E-state index contributed by atoms with van der Waals surface area (Å²) in [5, 5.41) is 21.1. The fourth-order valence-corrected chi connectivity index (χ4v) is 5.55. The monoisotopic (exact) mass is 603 g/mol. The molecular weight excluding hydrogens is 558 g/mol. The zero-order chi connectivity index (χ0) is 27.7. The van der Waals surface area contributed by atoms with Gasteiger partial charge in [0.2, 0.25) is 5.78 Å². The molecule has 0 saturated carbocycles. The molecule has 0 fully saturated rings. The van der Waals surface area contributed by atoms with Gasteiger partial charge >= 0.3 is 0 Å². The van der Waals surface area contributed by atoms with Gasteiger partial charge in [-0.05, 0) is 31.0 Å². The summed E-state index contributed by atoms with van der Waals surface area (Å²) in [4.78, 5) is 26.4. The minimum absolute atomic E-state index is 0. The number of fused-ring (bicyclic) bond motifs is 2. The van der Waals surface area contributed by atoms with Crippen molar-refractivity contribution in [1.82, 2.24) is 0 Å². The molecule has 0 saturated heterocycles. The Hall–Kier alpha value is -2.38. The summed E-state index contributed by atoms with van der Waals surface area (Å²) in [6.07, 6.45) is 15.8. The van der Waals surface area contributed by atoms with E-state index >= 15 is 0 Å². The number of ether oxygens (including phenoxy) is 1. The summed E-state index contributed by atoms with van der Waals surface area (Å²) in [5.74, 6) is -1.20. The zero-order valence-corrected chi connectivity index (χ0v) is 25.7. The van der Waals surface area contributed by atoms with Crippen molar-refractivity contribution in [3.63, 3.8) is 0 Å². The average Bonchev–Trinajstić information content (AvgIpc) is 2.86. The van der Waals surface area contributed by atoms with Crippen LogP contribution in [0.15, 0.2) is 24.3 Å². The molecule has 0 atom stereocenters. The van der Waals surface area contributed by atoms with E-state index in [1.165, 1.54) is 89.9 Å². The molecule has 0 amide bonds. The number of halogens is 1. The minimum Gasteiger partial charge on any atom is -1.00 e. The molecule has 216 valence electrons. The molecule has 0 spiro atoms. The van der Waals surface area contributed by atoms with Crippen molar-refractivity contribution in [2.75, 3.05) is 27.7 Å². The van der Waals surface area contributed by atoms with E-state index in [4.69, 9.17) is 4.74 Å². The number of quaternary nitrogens is 1. The van der Waals surface area contributed by atoms with Crippen LogP contribution in [0.2, 0.25) is 0 Å². The molecule has 2 aromatic carbocycles. The minimum atomic E-state index is -0.552. The molecule has 0 aliphatic heterocycles. The van der Waals surface area contributed by atoms with Gasteiger partial charge in [-0.15, -0.1) is 0 Å². The van der Waals surface area contributed by atoms with Crippen molar-refractivity contribution in [1.29, 1.82) is 0 Å². The first kappa shape index (κ1) is 32.8. The molecule has 3 rings (SSSR count). The Morgan fingerprint density at radius 3 is 1.72 bits per heavy atom. The number of unbranched alkanes of at least 4 members (excludes halogenated alkanes) is 11. The molecule has 0 radical (unpaired) electrons. The summed E-state index contributed by atoms with van der Waals surface area (Å²) in [5.41, 5.74) is 0.950. The van der Waals surface area contributed by atoms with E-state index in [0.29, 0.717) is 12.3 Å². The molecule has 0 aromatic heterocycles. The number of benzene rings is 2. The van der Waals surface area contributed by atoms with Crippen LogP contribution in [0.1, 0.15) is 121 Å². The lowest BCUT2D eigenvalue weighted by molar-refractivity contribution is -0.903. The number of hydrogen-bond acceptors (Lipinski definition) is 5. The maximum atomic E-state index is 13.3. The highest BCUT2D eigenvalue weighted by molar-refractivity contribution is 6.30. The Bertz CT molecular complexity index is 1130. The molecule has 1 aliphatic carbocycles. The standard InChI is InChI=1S/C32H45NO5.BrH/c1-5-6-7-8-9-10-11-12-13-14-15-16-17-33(2,3)22-23-18-25-29(27(34)19-23)32(37)30-26(31(25)36)20-24(38-4)21-28(30)35;/h18-21H,5-17,22H2,1-4H3,(H-,34,35,37);1H. The second-order valence-electron chi connectivity index (χ2n) is 11.5. The largest absolute Gasteiger partial charge is 1.00 e. The van der Waals surface area contributed by atoms with Gasteiger partial charge in [-0.25, -0.2) is 0 Å². The third-order valence-corrected chi connectivity index (χ3v) is 7.68. The number of carbonyl (C=O) groups excluding carboxylic acids is 2. The fourth-order valence-electron chi connectivity index (χ4n) is 5.55. The van der Waals surface area contributed by atoms with Crippen LogP contribution in [0, 0.1) is 0 Å². The van der Waals surface area contributed by atoms with Crippen LogP contribution in [0.5, 0.6) is 17.2 Å². The lowest BCUT2D eigenvalue weighted by Crippen LogP contribution is -3.00. The van der Waals surface area contributed by atoms with Gasteiger partial charge in [0.05, 0.1) is 38.9 Å². The third kappa shape index (κ3) is 8.81. The van der Waals surface area contributed by atoms with Gasteiger partial charge in [0.25, 0.3) is 0 Å². The molecule has 7 heteroatoms. The van der Waals surface area contributed by atoms with E-state index in [0.717, 1.165) is 23.0 Å². The van der Waals surface area contributed by atoms with E-state index in [9.17, 15) is 19.8 Å². The molecule has 2 aromatic rings. The first-order valence-electron chi connectivity index (χ1n) is 14.4. The van der Waals surface area contributed by atoms with Gasteiger partial charge in [-0.1, -0.05) is 71.1 Å². The zero-order valence-electron chi connectivity index (χ0n) is 24.2. The van der Waals surface area contributed by atoms with Crippen LogP contribution in [0.3, 0.4) is 0 Å². The van der Waals surface area contributed by atoms with Crippen molar-refractivity contribution in [3.8, 4) is 17.2 Å². The molecular formula is C32H46BrNO5. The molecule has 0 bridgehead atoms. The molecule has 0 heterocycles. The van der Waals surface area contributed by atoms with Gasteiger partial charge in [0, 0.05) is 22.8 Å². The average molecular weight is 605 g/mol. The Morgan fingerprint density at radius 2 is 1.18 bits per heavy atom. The van der Waals surface area contributed by atoms with Crippen molar-refractivity contribution < 1.29 is 46.0 Å². The van der Waals surface area contributed by atoms with Gasteiger partial charge in [0.1, 0.15) is 23.8 Å².